The van der Waals surface area contributed by atoms with Gasteiger partial charge in [-0.1, -0.05) is 39.8 Å². The standard InChI is InChI=1S/C40H64N10O10/c1-21(2)19-27(37(57)50-18-8-11-30(50)34(54)48-32(22(3)4)36(56)45-26(39(59)60)9-6-16-44-40(42)43)46-33(53)29-10-7-17-49(29)38(58)28(47-35(55)31(41)23(5)51)20-24-12-14-25(52)15-13-24/h12-15,21-23,26-32,51-52H,6-11,16-20,41H2,1-5H3,(H,45,56)(H,46,53)(H,47,55)(H,48,54)(H,59,60)(H4,42,43,44)/t23-,26+,27+,28+,29+,30+,31+,32+/m1/s1. The van der Waals surface area contributed by atoms with Gasteiger partial charge in [-0.25, -0.2) is 4.79 Å². The first-order valence-electron chi connectivity index (χ1n) is 20.5. The quantitative estimate of drug-likeness (QED) is 0.0380. The van der Waals surface area contributed by atoms with Crippen LogP contribution in [0, 0.1) is 11.8 Å². The molecule has 2 fully saturated rings. The van der Waals surface area contributed by atoms with Crippen LogP contribution in [0.2, 0.25) is 0 Å². The Morgan fingerprint density at radius 3 is 1.82 bits per heavy atom. The maximum atomic E-state index is 14.3. The van der Waals surface area contributed by atoms with E-state index in [-0.39, 0.29) is 75.8 Å². The highest BCUT2D eigenvalue weighted by Crippen LogP contribution is 2.24. The Bertz CT molecular complexity index is 1700. The Balaban J connectivity index is 1.77. The summed E-state index contributed by atoms with van der Waals surface area (Å²) in [4.78, 5) is 101. The fraction of sp³-hybridized carbons (Fsp3) is 0.650. The summed E-state index contributed by atoms with van der Waals surface area (Å²) < 4.78 is 0. The molecule has 60 heavy (non-hydrogen) atoms. The first-order valence-corrected chi connectivity index (χ1v) is 20.5. The number of aromatic hydroxyl groups is 1. The SMILES string of the molecule is CC(C)C[C@H](NC(=O)[C@@H]1CCCN1C(=O)[C@H](Cc1ccc(O)cc1)NC(=O)[C@@H](N)[C@@H](C)O)C(=O)N1CCC[C@H]1C(=O)N[C@H](C(=O)N[C@@H](CCCN=C(N)N)C(=O)O)C(C)C. The van der Waals surface area contributed by atoms with Crippen molar-refractivity contribution >= 4 is 47.4 Å². The van der Waals surface area contributed by atoms with Crippen LogP contribution in [0.5, 0.6) is 5.75 Å². The Kier molecular flexibility index (Phi) is 18.5. The van der Waals surface area contributed by atoms with Crippen molar-refractivity contribution in [2.45, 2.75) is 134 Å². The third-order valence-corrected chi connectivity index (χ3v) is 10.6. The molecule has 3 rings (SSSR count). The number of nitrogens with zero attached hydrogens (tertiary/aromatic N) is 3. The topological polar surface area (TPSA) is 325 Å². The third-order valence-electron chi connectivity index (χ3n) is 10.6. The van der Waals surface area contributed by atoms with E-state index in [1.807, 2.05) is 13.8 Å². The molecule has 0 aliphatic carbocycles. The zero-order chi connectivity index (χ0) is 44.8. The highest BCUT2D eigenvalue weighted by molar-refractivity contribution is 5.97. The zero-order valence-corrected chi connectivity index (χ0v) is 35.1. The van der Waals surface area contributed by atoms with Crippen molar-refractivity contribution < 1.29 is 48.9 Å². The van der Waals surface area contributed by atoms with Crippen molar-refractivity contribution in [1.29, 1.82) is 0 Å². The van der Waals surface area contributed by atoms with E-state index in [9.17, 15) is 48.9 Å². The number of hydrogen-bond donors (Lipinski definition) is 10. The summed E-state index contributed by atoms with van der Waals surface area (Å²) in [7, 11) is 0. The highest BCUT2D eigenvalue weighted by atomic mass is 16.4. The van der Waals surface area contributed by atoms with Crippen molar-refractivity contribution in [2.24, 2.45) is 34.0 Å². The average molecular weight is 845 g/mol. The predicted octanol–water partition coefficient (Wildman–Crippen LogP) is -1.60. The number of phenolic OH excluding ortho intramolecular Hbond substituents is 1. The van der Waals surface area contributed by atoms with Gasteiger partial charge in [0.2, 0.25) is 35.4 Å². The molecule has 0 aromatic heterocycles. The van der Waals surface area contributed by atoms with Crippen LogP contribution in [0.3, 0.4) is 0 Å². The molecule has 2 aliphatic heterocycles. The van der Waals surface area contributed by atoms with E-state index in [0.29, 0.717) is 18.4 Å². The number of nitrogens with two attached hydrogens (primary N) is 3. The van der Waals surface area contributed by atoms with Crippen molar-refractivity contribution in [2.75, 3.05) is 19.6 Å². The molecule has 1 aromatic rings. The molecule has 20 nitrogen and oxygen atoms in total. The number of aliphatic hydroxyl groups excluding tert-OH is 1. The molecular weight excluding hydrogens is 780 g/mol. The predicted molar refractivity (Wildman–Crippen MR) is 220 cm³/mol. The first kappa shape index (κ1) is 48.9. The summed E-state index contributed by atoms with van der Waals surface area (Å²) in [6.07, 6.45) is 0.806. The molecule has 8 atom stereocenters. The second kappa shape index (κ2) is 22.8. The van der Waals surface area contributed by atoms with Gasteiger partial charge in [0.05, 0.1) is 6.10 Å². The fourth-order valence-corrected chi connectivity index (χ4v) is 7.33. The van der Waals surface area contributed by atoms with Gasteiger partial charge in [0.1, 0.15) is 48.0 Å². The molecule has 0 bridgehead atoms. The van der Waals surface area contributed by atoms with Crippen LogP contribution in [0.4, 0.5) is 0 Å². The Morgan fingerprint density at radius 2 is 1.32 bits per heavy atom. The molecule has 0 radical (unpaired) electrons. The normalized spacial score (nSPS) is 19.4. The van der Waals surface area contributed by atoms with Gasteiger partial charge in [0.15, 0.2) is 5.96 Å². The number of nitrogens with one attached hydrogen (secondary N) is 4. The molecule has 334 valence electrons. The number of carbonyl (C=O) groups is 7. The zero-order valence-electron chi connectivity index (χ0n) is 35.1. The van der Waals surface area contributed by atoms with Gasteiger partial charge in [-0.15, -0.1) is 0 Å². The number of aliphatic hydroxyl groups is 1. The second-order valence-electron chi connectivity index (χ2n) is 16.3. The van der Waals surface area contributed by atoms with Crippen LogP contribution in [0.15, 0.2) is 29.3 Å². The van der Waals surface area contributed by atoms with E-state index in [0.717, 1.165) is 0 Å². The lowest BCUT2D eigenvalue weighted by molar-refractivity contribution is -0.145. The van der Waals surface area contributed by atoms with Crippen molar-refractivity contribution in [3.05, 3.63) is 29.8 Å². The van der Waals surface area contributed by atoms with Gasteiger partial charge < -0.3 is 63.6 Å². The van der Waals surface area contributed by atoms with Gasteiger partial charge in [-0.05, 0) is 81.4 Å². The largest absolute Gasteiger partial charge is 0.508 e. The summed E-state index contributed by atoms with van der Waals surface area (Å²) in [5.41, 5.74) is 17.1. The molecule has 20 heteroatoms. The van der Waals surface area contributed by atoms with Gasteiger partial charge in [-0.3, -0.25) is 33.8 Å². The van der Waals surface area contributed by atoms with Crippen molar-refractivity contribution in [1.82, 2.24) is 31.1 Å². The summed E-state index contributed by atoms with van der Waals surface area (Å²) in [6.45, 7) is 9.03. The lowest BCUT2D eigenvalue weighted by atomic mass is 10.00. The van der Waals surface area contributed by atoms with Gasteiger partial charge in [-0.2, -0.15) is 0 Å². The first-order chi connectivity index (χ1) is 28.2. The minimum Gasteiger partial charge on any atom is -0.508 e. The number of likely N-dealkylation sites (tertiary alicyclic amines) is 2. The molecular formula is C40H64N10O10. The number of hydrogen-bond acceptors (Lipinski definition) is 11. The Morgan fingerprint density at radius 1 is 0.783 bits per heavy atom. The van der Waals surface area contributed by atoms with E-state index >= 15 is 0 Å². The number of amides is 6. The summed E-state index contributed by atoms with van der Waals surface area (Å²) >= 11 is 0. The van der Waals surface area contributed by atoms with E-state index in [2.05, 4.69) is 26.3 Å². The maximum Gasteiger partial charge on any atom is 0.326 e. The number of guanidine groups is 1. The van der Waals surface area contributed by atoms with Crippen LogP contribution in [0.1, 0.15) is 85.1 Å². The second-order valence-corrected chi connectivity index (χ2v) is 16.3. The molecule has 0 spiro atoms. The van der Waals surface area contributed by atoms with Crippen LogP contribution in [0.25, 0.3) is 0 Å². The van der Waals surface area contributed by atoms with E-state index in [1.54, 1.807) is 26.0 Å². The molecule has 0 saturated carbocycles. The van der Waals surface area contributed by atoms with Crippen molar-refractivity contribution in [3.8, 4) is 5.75 Å². The average Bonchev–Trinajstić information content (AvgIpc) is 3.88. The van der Waals surface area contributed by atoms with Gasteiger partial charge in [0.25, 0.3) is 0 Å². The van der Waals surface area contributed by atoms with Gasteiger partial charge in [0, 0.05) is 26.1 Å². The van der Waals surface area contributed by atoms with Crippen LogP contribution in [-0.4, -0.2) is 141 Å². The summed E-state index contributed by atoms with van der Waals surface area (Å²) in [5.74, 6) is -5.68. The number of aliphatic carboxylic acids is 1. The Hall–Kier alpha value is -5.50. The molecule has 0 unspecified atom stereocenters. The van der Waals surface area contributed by atoms with E-state index in [1.165, 1.54) is 28.9 Å². The van der Waals surface area contributed by atoms with E-state index in [4.69, 9.17) is 17.2 Å². The number of carboxylic acid groups (broad SMARTS) is 1. The molecule has 2 saturated heterocycles. The maximum absolute atomic E-state index is 14.3. The fourth-order valence-electron chi connectivity index (χ4n) is 7.33. The molecule has 2 aliphatic rings. The number of carbonyl (C=O) groups excluding carboxylic acids is 6. The van der Waals surface area contributed by atoms with Crippen LogP contribution in [-0.2, 0) is 40.0 Å². The van der Waals surface area contributed by atoms with E-state index < -0.39 is 95.7 Å². The number of benzene rings is 1. The number of aliphatic imine (C=N–C) groups is 1. The molecule has 2 heterocycles. The van der Waals surface area contributed by atoms with Gasteiger partial charge >= 0.3 is 5.97 Å². The lowest BCUT2D eigenvalue weighted by Gasteiger charge is -2.33. The minimum absolute atomic E-state index is 0.00470. The molecule has 13 N–H and O–H groups in total. The number of carboxylic acids is 1. The molecule has 1 aromatic carbocycles. The minimum atomic E-state index is -1.33. The van der Waals surface area contributed by atoms with Crippen molar-refractivity contribution in [3.63, 3.8) is 0 Å². The monoisotopic (exact) mass is 844 g/mol. The summed E-state index contributed by atoms with van der Waals surface area (Å²) in [6, 6.07) is -1.89. The smallest absolute Gasteiger partial charge is 0.326 e. The third kappa shape index (κ3) is 14.1. The highest BCUT2D eigenvalue weighted by Gasteiger charge is 2.43. The Labute approximate surface area is 350 Å². The number of rotatable bonds is 21. The van der Waals surface area contributed by atoms with Crippen LogP contribution < -0.4 is 38.5 Å². The molecule has 6 amide bonds. The number of phenols is 1. The lowest BCUT2D eigenvalue weighted by Crippen LogP contribution is -2.60. The van der Waals surface area contributed by atoms with Crippen LogP contribution >= 0.6 is 0 Å². The summed E-state index contributed by atoms with van der Waals surface area (Å²) in [5, 5.41) is 40.1.